The predicted molar refractivity (Wildman–Crippen MR) is 109 cm³/mol. The largest absolute Gasteiger partial charge is 0.465 e. The van der Waals surface area contributed by atoms with Crippen LogP contribution in [0.5, 0.6) is 0 Å². The zero-order chi connectivity index (χ0) is 20.6. The van der Waals surface area contributed by atoms with Gasteiger partial charge in [-0.15, -0.1) is 0 Å². The molecule has 4 atom stereocenters. The average Bonchev–Trinajstić information content (AvgIpc) is 2.85. The minimum absolute atomic E-state index is 0.0447. The zero-order valence-electron chi connectivity index (χ0n) is 16.7. The van der Waals surface area contributed by atoms with Crippen molar-refractivity contribution < 1.29 is 23.1 Å². The number of fused-ring (bicyclic) bond motifs is 1. The number of benzene rings is 1. The first-order chi connectivity index (χ1) is 13.8. The van der Waals surface area contributed by atoms with Crippen molar-refractivity contribution in [1.82, 2.24) is 9.62 Å². The van der Waals surface area contributed by atoms with Gasteiger partial charge in [0, 0.05) is 12.1 Å². The lowest BCUT2D eigenvalue weighted by Crippen LogP contribution is -2.50. The van der Waals surface area contributed by atoms with E-state index in [9.17, 15) is 18.3 Å². The second-order valence-corrected chi connectivity index (χ2v) is 10.5. The molecule has 1 heterocycles. The summed E-state index contributed by atoms with van der Waals surface area (Å²) in [5.41, 5.74) is 1.37. The molecule has 7 nitrogen and oxygen atoms in total. The van der Waals surface area contributed by atoms with Gasteiger partial charge in [0.2, 0.25) is 10.0 Å². The average molecular weight is 423 g/mol. The lowest BCUT2D eigenvalue weighted by atomic mass is 9.77. The van der Waals surface area contributed by atoms with Crippen molar-refractivity contribution in [3.8, 4) is 0 Å². The van der Waals surface area contributed by atoms with Crippen molar-refractivity contribution in [1.29, 1.82) is 0 Å². The predicted octanol–water partition coefficient (Wildman–Crippen LogP) is 2.79. The highest BCUT2D eigenvalue weighted by molar-refractivity contribution is 7.88. The third-order valence-electron chi connectivity index (χ3n) is 6.90. The van der Waals surface area contributed by atoms with Gasteiger partial charge in [-0.05, 0) is 55.9 Å². The van der Waals surface area contributed by atoms with Crippen LogP contribution in [0.1, 0.15) is 50.0 Å². The van der Waals surface area contributed by atoms with E-state index in [-0.39, 0.29) is 24.7 Å². The summed E-state index contributed by atoms with van der Waals surface area (Å²) in [6.07, 6.45) is 5.87. The third kappa shape index (κ3) is 4.44. The highest BCUT2D eigenvalue weighted by atomic mass is 32.2. The van der Waals surface area contributed by atoms with Crippen LogP contribution in [-0.2, 0) is 14.8 Å². The monoisotopic (exact) mass is 422 g/mol. The van der Waals surface area contributed by atoms with E-state index in [1.54, 1.807) is 0 Å². The Morgan fingerprint density at radius 3 is 2.38 bits per heavy atom. The Labute approximate surface area is 172 Å². The van der Waals surface area contributed by atoms with E-state index in [0.717, 1.165) is 44.8 Å². The number of hydrogen-bond donors (Lipinski definition) is 2. The zero-order valence-corrected chi connectivity index (χ0v) is 17.6. The molecule has 0 bridgehead atoms. The summed E-state index contributed by atoms with van der Waals surface area (Å²) >= 11 is 0. The Hall–Kier alpha value is -1.64. The van der Waals surface area contributed by atoms with E-state index in [4.69, 9.17) is 4.74 Å². The molecule has 1 aromatic rings. The molecule has 0 unspecified atom stereocenters. The SMILES string of the molecule is CS(=O)(=O)N[C@H]1[C@H]2CC[C@H]2N(C(=O)O)[C@H]1COC1CCC(c2ccccc2)CC1. The van der Waals surface area contributed by atoms with E-state index in [1.807, 2.05) is 6.07 Å². The summed E-state index contributed by atoms with van der Waals surface area (Å²) in [7, 11) is -3.42. The molecule has 2 saturated carbocycles. The minimum Gasteiger partial charge on any atom is -0.465 e. The van der Waals surface area contributed by atoms with Gasteiger partial charge >= 0.3 is 6.09 Å². The number of likely N-dealkylation sites (tertiary alicyclic amines) is 1. The van der Waals surface area contributed by atoms with Gasteiger partial charge in [0.05, 0.1) is 25.0 Å². The first-order valence-electron chi connectivity index (χ1n) is 10.5. The molecule has 0 spiro atoms. The summed E-state index contributed by atoms with van der Waals surface area (Å²) in [5, 5.41) is 9.71. The van der Waals surface area contributed by atoms with E-state index in [1.165, 1.54) is 10.5 Å². The molecule has 0 radical (unpaired) electrons. The van der Waals surface area contributed by atoms with Crippen LogP contribution < -0.4 is 4.72 Å². The number of carbonyl (C=O) groups is 1. The van der Waals surface area contributed by atoms with Gasteiger partial charge < -0.3 is 9.84 Å². The quantitative estimate of drug-likeness (QED) is 0.735. The Kier molecular flexibility index (Phi) is 5.86. The first-order valence-corrected chi connectivity index (χ1v) is 12.4. The Morgan fingerprint density at radius 2 is 1.83 bits per heavy atom. The summed E-state index contributed by atoms with van der Waals surface area (Å²) < 4.78 is 32.5. The number of nitrogens with one attached hydrogen (secondary N) is 1. The van der Waals surface area contributed by atoms with Crippen LogP contribution in [0, 0.1) is 5.92 Å². The molecule has 1 aromatic carbocycles. The summed E-state index contributed by atoms with van der Waals surface area (Å²) in [6, 6.07) is 9.55. The van der Waals surface area contributed by atoms with Gasteiger partial charge in [-0.1, -0.05) is 30.3 Å². The van der Waals surface area contributed by atoms with Gasteiger partial charge in [0.15, 0.2) is 0 Å². The fourth-order valence-corrected chi connectivity index (χ4v) is 6.21. The summed E-state index contributed by atoms with van der Waals surface area (Å²) in [4.78, 5) is 13.3. The smallest absolute Gasteiger partial charge is 0.407 e. The molecule has 29 heavy (non-hydrogen) atoms. The van der Waals surface area contributed by atoms with Crippen LogP contribution in [0.25, 0.3) is 0 Å². The van der Waals surface area contributed by atoms with E-state index in [0.29, 0.717) is 5.92 Å². The maximum absolute atomic E-state index is 11.9. The molecule has 2 N–H and O–H groups in total. The van der Waals surface area contributed by atoms with Gasteiger partial charge in [0.25, 0.3) is 0 Å². The molecule has 160 valence electrons. The third-order valence-corrected chi connectivity index (χ3v) is 7.60. The van der Waals surface area contributed by atoms with Gasteiger partial charge in [0.1, 0.15) is 0 Å². The van der Waals surface area contributed by atoms with Crippen LogP contribution >= 0.6 is 0 Å². The van der Waals surface area contributed by atoms with Crippen LogP contribution in [0.4, 0.5) is 4.79 Å². The van der Waals surface area contributed by atoms with Crippen LogP contribution in [0.15, 0.2) is 30.3 Å². The molecule has 1 amide bonds. The van der Waals surface area contributed by atoms with Crippen molar-refractivity contribution in [3.63, 3.8) is 0 Å². The number of hydrogen-bond acceptors (Lipinski definition) is 4. The fraction of sp³-hybridized carbons (Fsp3) is 0.667. The molecule has 8 heteroatoms. The standard InChI is InChI=1S/C21H30N2O5S/c1-29(26,27)22-20-17-11-12-18(17)23(21(24)25)19(20)13-28-16-9-7-15(8-10-16)14-5-3-2-4-6-14/h2-6,15-20,22H,7-13H2,1H3,(H,24,25)/t15?,16?,17-,18+,19-,20-/m0/s1. The number of sulfonamides is 1. The van der Waals surface area contributed by atoms with Crippen LogP contribution in [0.3, 0.4) is 0 Å². The van der Waals surface area contributed by atoms with Gasteiger partial charge in [-0.3, -0.25) is 4.90 Å². The molecule has 0 aromatic heterocycles. The molecule has 3 fully saturated rings. The normalized spacial score (nSPS) is 34.4. The van der Waals surface area contributed by atoms with E-state index >= 15 is 0 Å². The summed E-state index contributed by atoms with van der Waals surface area (Å²) in [6.45, 7) is 0.243. The number of amides is 1. The Balaban J connectivity index is 1.37. The Morgan fingerprint density at radius 1 is 1.14 bits per heavy atom. The lowest BCUT2D eigenvalue weighted by Gasteiger charge is -2.36. The molecular weight excluding hydrogens is 392 g/mol. The van der Waals surface area contributed by atoms with Crippen LogP contribution in [0.2, 0.25) is 0 Å². The number of nitrogens with zero attached hydrogens (tertiary/aromatic N) is 1. The summed E-state index contributed by atoms with van der Waals surface area (Å²) in [5.74, 6) is 0.594. The molecule has 2 aliphatic carbocycles. The Bertz CT molecular complexity index is 823. The van der Waals surface area contributed by atoms with Crippen molar-refractivity contribution >= 4 is 16.1 Å². The topological polar surface area (TPSA) is 95.9 Å². The highest BCUT2D eigenvalue weighted by Crippen LogP contribution is 2.44. The van der Waals surface area contributed by atoms with Gasteiger partial charge in [-0.25, -0.2) is 17.9 Å². The molecule has 4 rings (SSSR count). The molecule has 1 aliphatic heterocycles. The minimum atomic E-state index is -3.42. The van der Waals surface area contributed by atoms with E-state index < -0.39 is 28.2 Å². The second kappa shape index (κ2) is 8.24. The highest BCUT2D eigenvalue weighted by Gasteiger charge is 2.56. The van der Waals surface area contributed by atoms with Crippen molar-refractivity contribution in [3.05, 3.63) is 35.9 Å². The second-order valence-electron chi connectivity index (χ2n) is 8.70. The maximum Gasteiger partial charge on any atom is 0.407 e. The number of rotatable bonds is 6. The van der Waals surface area contributed by atoms with Crippen molar-refractivity contribution in [2.45, 2.75) is 68.7 Å². The fourth-order valence-electron chi connectivity index (χ4n) is 5.38. The van der Waals surface area contributed by atoms with Crippen molar-refractivity contribution in [2.24, 2.45) is 5.92 Å². The lowest BCUT2D eigenvalue weighted by molar-refractivity contribution is -0.00827. The molecule has 1 saturated heterocycles. The van der Waals surface area contributed by atoms with Gasteiger partial charge in [-0.2, -0.15) is 0 Å². The number of ether oxygens (including phenoxy) is 1. The first kappa shape index (κ1) is 20.6. The number of carboxylic acid groups (broad SMARTS) is 1. The van der Waals surface area contributed by atoms with Crippen LogP contribution in [-0.4, -0.2) is 61.6 Å². The maximum atomic E-state index is 11.9. The molecular formula is C21H30N2O5S. The molecule has 3 aliphatic rings. The van der Waals surface area contributed by atoms with E-state index in [2.05, 4.69) is 29.0 Å². The van der Waals surface area contributed by atoms with Crippen molar-refractivity contribution in [2.75, 3.05) is 12.9 Å².